The van der Waals surface area contributed by atoms with Crippen molar-refractivity contribution in [2.24, 2.45) is 0 Å². The number of pyridine rings is 1. The average molecular weight is 389 g/mol. The van der Waals surface area contributed by atoms with E-state index in [0.29, 0.717) is 5.65 Å². The van der Waals surface area contributed by atoms with E-state index in [1.807, 2.05) is 38.1 Å². The molecule has 0 spiro atoms. The predicted molar refractivity (Wildman–Crippen MR) is 108 cm³/mol. The van der Waals surface area contributed by atoms with E-state index >= 15 is 0 Å². The molecule has 0 aliphatic rings. The van der Waals surface area contributed by atoms with E-state index in [1.165, 1.54) is 13.3 Å². The van der Waals surface area contributed by atoms with E-state index in [2.05, 4.69) is 10.1 Å². The largest absolute Gasteiger partial charge is 0.465 e. The maximum atomic E-state index is 12.8. The van der Waals surface area contributed by atoms with Gasteiger partial charge in [0.05, 0.1) is 18.9 Å². The number of carbonyl (C=O) groups is 2. The molecule has 2 aromatic carbocycles. The molecule has 0 atom stereocenters. The standard InChI is InChI=1S/C22H19N3O4/c1-13(2)25-20-16(12-24-25)8-17(11-23-20)21(26)29-19-10-15-7-5-4-6-14(15)9-18(19)22(27)28-3/h4-13H,1-3H3. The molecule has 4 aromatic rings. The van der Waals surface area contributed by atoms with Crippen LogP contribution in [-0.4, -0.2) is 33.8 Å². The van der Waals surface area contributed by atoms with Gasteiger partial charge in [-0.1, -0.05) is 24.3 Å². The lowest BCUT2D eigenvalue weighted by atomic mass is 10.1. The molecule has 0 N–H and O–H groups in total. The van der Waals surface area contributed by atoms with Gasteiger partial charge in [-0.2, -0.15) is 5.10 Å². The van der Waals surface area contributed by atoms with Crippen LogP contribution in [0.4, 0.5) is 0 Å². The zero-order valence-corrected chi connectivity index (χ0v) is 16.2. The maximum absolute atomic E-state index is 12.8. The van der Waals surface area contributed by atoms with Crippen LogP contribution in [0.2, 0.25) is 0 Å². The van der Waals surface area contributed by atoms with Crippen molar-refractivity contribution in [3.8, 4) is 5.75 Å². The summed E-state index contributed by atoms with van der Waals surface area (Å²) in [6.07, 6.45) is 3.11. The number of hydrogen-bond acceptors (Lipinski definition) is 6. The summed E-state index contributed by atoms with van der Waals surface area (Å²) in [5.41, 5.74) is 1.14. The van der Waals surface area contributed by atoms with Gasteiger partial charge >= 0.3 is 11.9 Å². The molecule has 2 aromatic heterocycles. The zero-order valence-electron chi connectivity index (χ0n) is 16.2. The Morgan fingerprint density at radius 1 is 0.966 bits per heavy atom. The molecule has 7 nitrogen and oxygen atoms in total. The monoisotopic (exact) mass is 389 g/mol. The van der Waals surface area contributed by atoms with Gasteiger partial charge in [-0.25, -0.2) is 19.3 Å². The van der Waals surface area contributed by atoms with Gasteiger partial charge in [0.15, 0.2) is 5.65 Å². The highest BCUT2D eigenvalue weighted by Gasteiger charge is 2.19. The average Bonchev–Trinajstić information content (AvgIpc) is 3.16. The zero-order chi connectivity index (χ0) is 20.5. The first-order valence-electron chi connectivity index (χ1n) is 9.14. The van der Waals surface area contributed by atoms with Crippen molar-refractivity contribution in [3.05, 3.63) is 66.0 Å². The lowest BCUT2D eigenvalue weighted by Gasteiger charge is -2.11. The SMILES string of the molecule is COC(=O)c1cc2ccccc2cc1OC(=O)c1cnc2c(cnn2C(C)C)c1. The van der Waals surface area contributed by atoms with Gasteiger partial charge in [0, 0.05) is 17.6 Å². The van der Waals surface area contributed by atoms with Crippen molar-refractivity contribution in [1.29, 1.82) is 0 Å². The van der Waals surface area contributed by atoms with Crippen LogP contribution in [0.5, 0.6) is 5.75 Å². The predicted octanol–water partition coefficient (Wildman–Crippen LogP) is 4.17. The third-order valence-electron chi connectivity index (χ3n) is 4.61. The number of benzene rings is 2. The summed E-state index contributed by atoms with van der Waals surface area (Å²) in [4.78, 5) is 29.3. The molecule has 0 saturated carbocycles. The number of aromatic nitrogens is 3. The van der Waals surface area contributed by atoms with Crippen molar-refractivity contribution in [2.45, 2.75) is 19.9 Å². The maximum Gasteiger partial charge on any atom is 0.345 e. The smallest absolute Gasteiger partial charge is 0.345 e. The summed E-state index contributed by atoms with van der Waals surface area (Å²) in [7, 11) is 1.29. The second kappa shape index (κ2) is 7.35. The summed E-state index contributed by atoms with van der Waals surface area (Å²) in [5.74, 6) is -1.05. The molecule has 4 rings (SSSR count). The first-order chi connectivity index (χ1) is 14.0. The second-order valence-corrected chi connectivity index (χ2v) is 6.90. The third-order valence-corrected chi connectivity index (χ3v) is 4.61. The van der Waals surface area contributed by atoms with E-state index in [1.54, 1.807) is 29.1 Å². The summed E-state index contributed by atoms with van der Waals surface area (Å²) in [6.45, 7) is 4.01. The number of ether oxygens (including phenoxy) is 2. The van der Waals surface area contributed by atoms with Crippen LogP contribution in [0.15, 0.2) is 54.9 Å². The van der Waals surface area contributed by atoms with E-state index in [-0.39, 0.29) is 22.9 Å². The Kier molecular flexibility index (Phi) is 4.72. The Balaban J connectivity index is 1.71. The van der Waals surface area contributed by atoms with Crippen LogP contribution in [0.25, 0.3) is 21.8 Å². The Morgan fingerprint density at radius 3 is 2.38 bits per heavy atom. The second-order valence-electron chi connectivity index (χ2n) is 6.90. The number of carbonyl (C=O) groups excluding carboxylic acids is 2. The van der Waals surface area contributed by atoms with Crippen molar-refractivity contribution >= 4 is 33.7 Å². The Labute approximate surface area is 166 Å². The molecule has 0 bridgehead atoms. The number of esters is 2. The van der Waals surface area contributed by atoms with Crippen LogP contribution < -0.4 is 4.74 Å². The number of methoxy groups -OCH3 is 1. The van der Waals surface area contributed by atoms with E-state index in [4.69, 9.17) is 9.47 Å². The van der Waals surface area contributed by atoms with Crippen LogP contribution in [0, 0.1) is 0 Å². The highest BCUT2D eigenvalue weighted by molar-refractivity contribution is 6.01. The highest BCUT2D eigenvalue weighted by Crippen LogP contribution is 2.28. The lowest BCUT2D eigenvalue weighted by molar-refractivity contribution is 0.0593. The van der Waals surface area contributed by atoms with Gasteiger partial charge in [-0.15, -0.1) is 0 Å². The van der Waals surface area contributed by atoms with Gasteiger partial charge in [0.1, 0.15) is 11.3 Å². The van der Waals surface area contributed by atoms with Crippen LogP contribution >= 0.6 is 0 Å². The Hall–Kier alpha value is -3.74. The molecular weight excluding hydrogens is 370 g/mol. The molecule has 0 radical (unpaired) electrons. The fourth-order valence-electron chi connectivity index (χ4n) is 3.16. The number of fused-ring (bicyclic) bond motifs is 2. The van der Waals surface area contributed by atoms with Gasteiger partial charge in [-0.3, -0.25) is 0 Å². The quantitative estimate of drug-likeness (QED) is 0.385. The minimum Gasteiger partial charge on any atom is -0.465 e. The molecule has 0 fully saturated rings. The van der Waals surface area contributed by atoms with E-state index < -0.39 is 11.9 Å². The molecule has 0 amide bonds. The molecule has 146 valence electrons. The molecule has 0 saturated heterocycles. The summed E-state index contributed by atoms with van der Waals surface area (Å²) in [5, 5.41) is 6.73. The summed E-state index contributed by atoms with van der Waals surface area (Å²) in [6, 6.07) is 12.6. The number of hydrogen-bond donors (Lipinski definition) is 0. The van der Waals surface area contributed by atoms with E-state index in [9.17, 15) is 9.59 Å². The highest BCUT2D eigenvalue weighted by atomic mass is 16.5. The normalized spacial score (nSPS) is 11.2. The fourth-order valence-corrected chi connectivity index (χ4v) is 3.16. The van der Waals surface area contributed by atoms with Gasteiger partial charge < -0.3 is 9.47 Å². The van der Waals surface area contributed by atoms with Crippen LogP contribution in [0.1, 0.15) is 40.6 Å². The Bertz CT molecular complexity index is 1240. The molecule has 2 heterocycles. The Morgan fingerprint density at radius 2 is 1.69 bits per heavy atom. The molecular formula is C22H19N3O4. The van der Waals surface area contributed by atoms with Crippen molar-refractivity contribution in [3.63, 3.8) is 0 Å². The van der Waals surface area contributed by atoms with Gasteiger partial charge in [0.2, 0.25) is 0 Å². The number of nitrogens with zero attached hydrogens (tertiary/aromatic N) is 3. The lowest BCUT2D eigenvalue weighted by Crippen LogP contribution is -2.13. The summed E-state index contributed by atoms with van der Waals surface area (Å²) < 4.78 is 12.2. The van der Waals surface area contributed by atoms with E-state index in [0.717, 1.165) is 16.2 Å². The summed E-state index contributed by atoms with van der Waals surface area (Å²) >= 11 is 0. The first kappa shape index (κ1) is 18.6. The first-order valence-corrected chi connectivity index (χ1v) is 9.14. The fraction of sp³-hybridized carbons (Fsp3) is 0.182. The van der Waals surface area contributed by atoms with Crippen molar-refractivity contribution in [2.75, 3.05) is 7.11 Å². The van der Waals surface area contributed by atoms with Gasteiger partial charge in [0.25, 0.3) is 0 Å². The third kappa shape index (κ3) is 3.42. The molecule has 7 heteroatoms. The number of rotatable bonds is 4. The minimum absolute atomic E-state index is 0.138. The molecule has 0 unspecified atom stereocenters. The minimum atomic E-state index is -0.614. The topological polar surface area (TPSA) is 83.3 Å². The van der Waals surface area contributed by atoms with Crippen LogP contribution in [-0.2, 0) is 4.74 Å². The molecule has 29 heavy (non-hydrogen) atoms. The molecule has 0 aliphatic heterocycles. The van der Waals surface area contributed by atoms with Crippen LogP contribution in [0.3, 0.4) is 0 Å². The van der Waals surface area contributed by atoms with Crippen molar-refractivity contribution in [1.82, 2.24) is 14.8 Å². The van der Waals surface area contributed by atoms with Gasteiger partial charge in [-0.05, 0) is 42.8 Å². The van der Waals surface area contributed by atoms with Crippen molar-refractivity contribution < 1.29 is 19.1 Å². The molecule has 0 aliphatic carbocycles.